The van der Waals surface area contributed by atoms with Gasteiger partial charge in [0.25, 0.3) is 0 Å². The zero-order valence-corrected chi connectivity index (χ0v) is 11.5. The normalized spacial score (nSPS) is 30.1. The Morgan fingerprint density at radius 2 is 2.05 bits per heavy atom. The van der Waals surface area contributed by atoms with Gasteiger partial charge >= 0.3 is 12.1 Å². The number of hydrogen-bond acceptors (Lipinski definition) is 4. The molecule has 1 aliphatic carbocycles. The molecule has 6 nitrogen and oxygen atoms in total. The van der Waals surface area contributed by atoms with Gasteiger partial charge in [-0.05, 0) is 18.4 Å². The van der Waals surface area contributed by atoms with Gasteiger partial charge in [0.15, 0.2) is 5.60 Å². The third-order valence-corrected chi connectivity index (χ3v) is 4.23. The largest absolute Gasteiger partial charge is 0.479 e. The molecule has 2 fully saturated rings. The minimum absolute atomic E-state index is 0.188. The van der Waals surface area contributed by atoms with E-state index in [1.807, 2.05) is 30.3 Å². The van der Waals surface area contributed by atoms with Crippen molar-refractivity contribution in [1.29, 1.82) is 0 Å². The first-order valence-electron chi connectivity index (χ1n) is 6.90. The van der Waals surface area contributed by atoms with Crippen molar-refractivity contribution in [3.05, 3.63) is 35.9 Å². The van der Waals surface area contributed by atoms with Gasteiger partial charge in [0.1, 0.15) is 6.61 Å². The first-order valence-corrected chi connectivity index (χ1v) is 6.90. The maximum absolute atomic E-state index is 11.9. The van der Waals surface area contributed by atoms with Crippen molar-refractivity contribution in [2.75, 3.05) is 6.61 Å². The van der Waals surface area contributed by atoms with Crippen LogP contribution in [0.3, 0.4) is 0 Å². The maximum Gasteiger partial charge on any atom is 0.407 e. The summed E-state index contributed by atoms with van der Waals surface area (Å²) in [6.07, 6.45) is 0.780. The Bertz CT molecular complexity index is 548. The fourth-order valence-electron chi connectivity index (χ4n) is 3.05. The Morgan fingerprint density at radius 1 is 1.29 bits per heavy atom. The number of ether oxygens (including phenoxy) is 2. The summed E-state index contributed by atoms with van der Waals surface area (Å²) in [6.45, 7) is 0.410. The van der Waals surface area contributed by atoms with Crippen LogP contribution >= 0.6 is 0 Å². The van der Waals surface area contributed by atoms with Crippen LogP contribution in [0.25, 0.3) is 0 Å². The van der Waals surface area contributed by atoms with Gasteiger partial charge in [-0.2, -0.15) is 0 Å². The highest BCUT2D eigenvalue weighted by molar-refractivity contribution is 5.79. The fraction of sp³-hybridized carbons (Fsp3) is 0.467. The zero-order chi connectivity index (χ0) is 14.9. The van der Waals surface area contributed by atoms with Crippen LogP contribution in [0.4, 0.5) is 4.79 Å². The lowest BCUT2D eigenvalue weighted by Gasteiger charge is -2.27. The molecule has 1 saturated heterocycles. The van der Waals surface area contributed by atoms with E-state index in [4.69, 9.17) is 9.47 Å². The molecule has 1 saturated carbocycles. The van der Waals surface area contributed by atoms with Crippen molar-refractivity contribution in [3.63, 3.8) is 0 Å². The number of carbonyl (C=O) groups is 2. The van der Waals surface area contributed by atoms with E-state index in [-0.39, 0.29) is 13.2 Å². The van der Waals surface area contributed by atoms with E-state index in [1.165, 1.54) is 0 Å². The summed E-state index contributed by atoms with van der Waals surface area (Å²) in [4.78, 5) is 23.1. The summed E-state index contributed by atoms with van der Waals surface area (Å²) in [5.74, 6) is -0.957. The Morgan fingerprint density at radius 3 is 2.62 bits per heavy atom. The molecular weight excluding hydrogens is 274 g/mol. The van der Waals surface area contributed by atoms with E-state index < -0.39 is 23.2 Å². The van der Waals surface area contributed by atoms with Gasteiger partial charge in [0, 0.05) is 6.42 Å². The van der Waals surface area contributed by atoms with Gasteiger partial charge < -0.3 is 19.9 Å². The van der Waals surface area contributed by atoms with Gasteiger partial charge in [-0.15, -0.1) is 0 Å². The van der Waals surface area contributed by atoms with Crippen molar-refractivity contribution in [3.8, 4) is 0 Å². The predicted octanol–water partition coefficient (Wildman–Crippen LogP) is 1.69. The number of fused-ring (bicyclic) bond motifs is 2. The predicted molar refractivity (Wildman–Crippen MR) is 72.7 cm³/mol. The zero-order valence-electron chi connectivity index (χ0n) is 11.5. The Kier molecular flexibility index (Phi) is 3.33. The first-order chi connectivity index (χ1) is 10.0. The van der Waals surface area contributed by atoms with E-state index in [0.29, 0.717) is 19.3 Å². The number of hydrogen-bond donors (Lipinski definition) is 2. The number of alkyl carbamates (subject to hydrolysis) is 1. The minimum Gasteiger partial charge on any atom is -0.479 e. The Hall–Kier alpha value is -2.08. The number of carboxylic acid groups (broad SMARTS) is 1. The average molecular weight is 291 g/mol. The van der Waals surface area contributed by atoms with Gasteiger partial charge in [-0.3, -0.25) is 0 Å². The third kappa shape index (κ3) is 2.58. The van der Waals surface area contributed by atoms with Crippen LogP contribution in [0, 0.1) is 0 Å². The van der Waals surface area contributed by atoms with Gasteiger partial charge in [-0.1, -0.05) is 30.3 Å². The molecule has 3 rings (SSSR count). The number of rotatable bonds is 4. The van der Waals surface area contributed by atoms with Crippen molar-refractivity contribution >= 4 is 12.1 Å². The molecule has 6 heteroatoms. The van der Waals surface area contributed by atoms with Crippen molar-refractivity contribution in [1.82, 2.24) is 5.32 Å². The molecule has 0 radical (unpaired) electrons. The summed E-state index contributed by atoms with van der Waals surface area (Å²) in [6, 6.07) is 9.38. The van der Waals surface area contributed by atoms with Gasteiger partial charge in [0.05, 0.1) is 12.1 Å². The second-order valence-corrected chi connectivity index (χ2v) is 5.73. The second-order valence-electron chi connectivity index (χ2n) is 5.73. The molecular formula is C15H17NO5. The molecule has 2 N–H and O–H groups in total. The van der Waals surface area contributed by atoms with Crippen LogP contribution in [0.5, 0.6) is 0 Å². The summed E-state index contributed by atoms with van der Waals surface area (Å²) in [5.41, 5.74) is -0.835. The highest BCUT2D eigenvalue weighted by Gasteiger charge is 2.60. The summed E-state index contributed by atoms with van der Waals surface area (Å²) in [5, 5.41) is 12.0. The molecule has 1 aliphatic heterocycles. The molecule has 1 aromatic carbocycles. The number of amides is 1. The molecule has 1 amide bonds. The van der Waals surface area contributed by atoms with E-state index in [0.717, 1.165) is 5.56 Å². The first kappa shape index (κ1) is 13.9. The molecule has 0 spiro atoms. The number of nitrogens with one attached hydrogen (secondary N) is 1. The SMILES string of the molecule is O=C(NC12CCC(C(=O)O)(C1)OC2)OCc1ccccc1. The van der Waals surface area contributed by atoms with Gasteiger partial charge in [0.2, 0.25) is 0 Å². The average Bonchev–Trinajstić information content (AvgIpc) is 3.03. The monoisotopic (exact) mass is 291 g/mol. The van der Waals surface area contributed by atoms with Crippen LogP contribution in [-0.2, 0) is 20.9 Å². The number of aliphatic carboxylic acids is 1. The summed E-state index contributed by atoms with van der Waals surface area (Å²) in [7, 11) is 0. The molecule has 2 atom stereocenters. The van der Waals surface area contributed by atoms with E-state index >= 15 is 0 Å². The second kappa shape index (κ2) is 5.04. The molecule has 1 aromatic rings. The fourth-order valence-corrected chi connectivity index (χ4v) is 3.05. The Balaban J connectivity index is 1.55. The molecule has 112 valence electrons. The smallest absolute Gasteiger partial charge is 0.407 e. The maximum atomic E-state index is 11.9. The number of benzene rings is 1. The lowest BCUT2D eigenvalue weighted by molar-refractivity contribution is -0.161. The third-order valence-electron chi connectivity index (χ3n) is 4.23. The van der Waals surface area contributed by atoms with Crippen molar-refractivity contribution < 1.29 is 24.2 Å². The lowest BCUT2D eigenvalue weighted by atomic mass is 9.99. The number of carbonyl (C=O) groups excluding carboxylic acids is 1. The summed E-state index contributed by atoms with van der Waals surface area (Å²) < 4.78 is 10.6. The lowest BCUT2D eigenvalue weighted by Crippen LogP contribution is -2.48. The van der Waals surface area contributed by atoms with E-state index in [9.17, 15) is 14.7 Å². The van der Waals surface area contributed by atoms with E-state index in [1.54, 1.807) is 0 Å². The van der Waals surface area contributed by atoms with Crippen molar-refractivity contribution in [2.24, 2.45) is 0 Å². The molecule has 2 unspecified atom stereocenters. The molecule has 1 heterocycles. The topological polar surface area (TPSA) is 84.9 Å². The molecule has 21 heavy (non-hydrogen) atoms. The quantitative estimate of drug-likeness (QED) is 0.881. The highest BCUT2D eigenvalue weighted by Crippen LogP contribution is 2.47. The summed E-state index contributed by atoms with van der Waals surface area (Å²) >= 11 is 0. The van der Waals surface area contributed by atoms with Crippen LogP contribution in [0.1, 0.15) is 24.8 Å². The highest BCUT2D eigenvalue weighted by atomic mass is 16.6. The van der Waals surface area contributed by atoms with Crippen molar-refractivity contribution in [2.45, 2.75) is 37.0 Å². The van der Waals surface area contributed by atoms with Crippen LogP contribution in [0.15, 0.2) is 30.3 Å². The minimum atomic E-state index is -1.13. The standard InChI is InChI=1S/C15H17NO5/c17-12(18)15-7-6-14(9-15,10-21-15)16-13(19)20-8-11-4-2-1-3-5-11/h1-5H,6-10H2,(H,16,19)(H,17,18). The molecule has 2 aliphatic rings. The van der Waals surface area contributed by atoms with Crippen LogP contribution < -0.4 is 5.32 Å². The Labute approximate surface area is 122 Å². The van der Waals surface area contributed by atoms with Crippen LogP contribution in [0.2, 0.25) is 0 Å². The molecule has 0 aromatic heterocycles. The molecule has 2 bridgehead atoms. The number of carboxylic acids is 1. The van der Waals surface area contributed by atoms with Gasteiger partial charge in [-0.25, -0.2) is 9.59 Å². The van der Waals surface area contributed by atoms with E-state index in [2.05, 4.69) is 5.32 Å². The van der Waals surface area contributed by atoms with Crippen LogP contribution in [-0.4, -0.2) is 34.9 Å².